The molecule has 0 radical (unpaired) electrons. The lowest BCUT2D eigenvalue weighted by Gasteiger charge is -2.21. The van der Waals surface area contributed by atoms with Crippen LogP contribution in [0.1, 0.15) is 20.8 Å². The third kappa shape index (κ3) is 5.81. The SMILES string of the molecule is CCN(CC(=O)NC(C)C)C(=O)COc1ccccc1F. The summed E-state index contributed by atoms with van der Waals surface area (Å²) in [5, 5.41) is 2.71. The topological polar surface area (TPSA) is 58.6 Å². The van der Waals surface area contributed by atoms with Gasteiger partial charge in [0, 0.05) is 12.6 Å². The number of hydrogen-bond donors (Lipinski definition) is 1. The number of rotatable bonds is 7. The van der Waals surface area contributed by atoms with E-state index in [-0.39, 0.29) is 36.8 Å². The molecule has 6 heteroatoms. The first-order chi connectivity index (χ1) is 9.93. The maximum atomic E-state index is 13.4. The highest BCUT2D eigenvalue weighted by Crippen LogP contribution is 2.15. The molecule has 116 valence electrons. The summed E-state index contributed by atoms with van der Waals surface area (Å²) in [5.74, 6) is -1.09. The molecule has 0 saturated carbocycles. The Hall–Kier alpha value is -2.11. The van der Waals surface area contributed by atoms with Crippen molar-refractivity contribution in [3.63, 3.8) is 0 Å². The molecule has 5 nitrogen and oxygen atoms in total. The number of nitrogens with one attached hydrogen (secondary N) is 1. The third-order valence-electron chi connectivity index (χ3n) is 2.71. The van der Waals surface area contributed by atoms with Gasteiger partial charge in [0.15, 0.2) is 18.2 Å². The second-order valence-corrected chi connectivity index (χ2v) is 4.85. The molecular formula is C15H21FN2O3. The minimum Gasteiger partial charge on any atom is -0.481 e. The number of amides is 2. The molecule has 0 heterocycles. The second-order valence-electron chi connectivity index (χ2n) is 4.85. The van der Waals surface area contributed by atoms with E-state index in [4.69, 9.17) is 4.74 Å². The van der Waals surface area contributed by atoms with Crippen LogP contribution >= 0.6 is 0 Å². The Morgan fingerprint density at radius 2 is 2.00 bits per heavy atom. The third-order valence-corrected chi connectivity index (χ3v) is 2.71. The number of ether oxygens (including phenoxy) is 1. The smallest absolute Gasteiger partial charge is 0.260 e. The van der Waals surface area contributed by atoms with Gasteiger partial charge in [-0.15, -0.1) is 0 Å². The fraction of sp³-hybridized carbons (Fsp3) is 0.467. The van der Waals surface area contributed by atoms with Crippen LogP contribution in [0.4, 0.5) is 4.39 Å². The molecule has 0 saturated heterocycles. The van der Waals surface area contributed by atoms with Gasteiger partial charge in [0.1, 0.15) is 0 Å². The molecule has 2 amide bonds. The highest BCUT2D eigenvalue weighted by Gasteiger charge is 2.17. The zero-order chi connectivity index (χ0) is 15.8. The number of carbonyl (C=O) groups is 2. The molecule has 0 bridgehead atoms. The van der Waals surface area contributed by atoms with Crippen molar-refractivity contribution in [3.8, 4) is 5.75 Å². The summed E-state index contributed by atoms with van der Waals surface area (Å²) in [6, 6.07) is 5.88. The van der Waals surface area contributed by atoms with E-state index in [0.717, 1.165) is 0 Å². The molecule has 21 heavy (non-hydrogen) atoms. The van der Waals surface area contributed by atoms with Crippen molar-refractivity contribution in [2.75, 3.05) is 19.7 Å². The van der Waals surface area contributed by atoms with Gasteiger partial charge in [0.05, 0.1) is 6.54 Å². The van der Waals surface area contributed by atoms with Crippen LogP contribution in [-0.2, 0) is 9.59 Å². The Balaban J connectivity index is 2.52. The highest BCUT2D eigenvalue weighted by molar-refractivity contribution is 5.85. The van der Waals surface area contributed by atoms with E-state index in [0.29, 0.717) is 6.54 Å². The van der Waals surface area contributed by atoms with E-state index in [2.05, 4.69) is 5.32 Å². The number of carbonyl (C=O) groups excluding carboxylic acids is 2. The summed E-state index contributed by atoms with van der Waals surface area (Å²) in [6.45, 7) is 5.50. The van der Waals surface area contributed by atoms with Crippen molar-refractivity contribution in [2.45, 2.75) is 26.8 Å². The van der Waals surface area contributed by atoms with Crippen molar-refractivity contribution in [2.24, 2.45) is 0 Å². The molecule has 0 fully saturated rings. The van der Waals surface area contributed by atoms with Crippen molar-refractivity contribution in [1.29, 1.82) is 0 Å². The van der Waals surface area contributed by atoms with Gasteiger partial charge in [-0.25, -0.2) is 4.39 Å². The standard InChI is InChI=1S/C15H21FN2O3/c1-4-18(9-14(19)17-11(2)3)15(20)10-21-13-8-6-5-7-12(13)16/h5-8,11H,4,9-10H2,1-3H3,(H,17,19). The Kier molecular flexibility index (Phi) is 6.65. The van der Waals surface area contributed by atoms with Gasteiger partial charge < -0.3 is 15.0 Å². The number of benzene rings is 1. The number of hydrogen-bond acceptors (Lipinski definition) is 3. The average Bonchev–Trinajstić information content (AvgIpc) is 2.42. The summed E-state index contributed by atoms with van der Waals surface area (Å²) >= 11 is 0. The van der Waals surface area contributed by atoms with E-state index >= 15 is 0 Å². The number of likely N-dealkylation sites (N-methyl/N-ethyl adjacent to an activating group) is 1. The van der Waals surface area contributed by atoms with Crippen LogP contribution in [0.3, 0.4) is 0 Å². The number of halogens is 1. The van der Waals surface area contributed by atoms with Crippen molar-refractivity contribution in [1.82, 2.24) is 10.2 Å². The zero-order valence-corrected chi connectivity index (χ0v) is 12.6. The minimum absolute atomic E-state index is 0.0148. The summed E-state index contributed by atoms with van der Waals surface area (Å²) in [5.41, 5.74) is 0. The van der Waals surface area contributed by atoms with Crippen LogP contribution in [0.2, 0.25) is 0 Å². The van der Waals surface area contributed by atoms with Gasteiger partial charge in [0.25, 0.3) is 5.91 Å². The van der Waals surface area contributed by atoms with Gasteiger partial charge in [-0.2, -0.15) is 0 Å². The van der Waals surface area contributed by atoms with Crippen LogP contribution in [0, 0.1) is 5.82 Å². The molecule has 0 atom stereocenters. The number of nitrogens with zero attached hydrogens (tertiary/aromatic N) is 1. The summed E-state index contributed by atoms with van der Waals surface area (Å²) in [6.07, 6.45) is 0. The van der Waals surface area contributed by atoms with Gasteiger partial charge in [0.2, 0.25) is 5.91 Å². The van der Waals surface area contributed by atoms with Gasteiger partial charge in [-0.1, -0.05) is 12.1 Å². The monoisotopic (exact) mass is 296 g/mol. The van der Waals surface area contributed by atoms with Crippen LogP contribution in [0.5, 0.6) is 5.75 Å². The molecule has 0 spiro atoms. The normalized spacial score (nSPS) is 10.3. The zero-order valence-electron chi connectivity index (χ0n) is 12.6. The largest absolute Gasteiger partial charge is 0.481 e. The molecule has 1 aromatic carbocycles. The molecule has 1 aromatic rings. The van der Waals surface area contributed by atoms with Crippen LogP contribution in [0.25, 0.3) is 0 Å². The van der Waals surface area contributed by atoms with E-state index < -0.39 is 5.82 Å². The van der Waals surface area contributed by atoms with Crippen molar-refractivity contribution in [3.05, 3.63) is 30.1 Å². The maximum absolute atomic E-state index is 13.4. The van der Waals surface area contributed by atoms with E-state index in [1.54, 1.807) is 19.1 Å². The lowest BCUT2D eigenvalue weighted by atomic mass is 10.3. The lowest BCUT2D eigenvalue weighted by Crippen LogP contribution is -2.44. The lowest BCUT2D eigenvalue weighted by molar-refractivity contribution is -0.137. The Labute approximate surface area is 124 Å². The van der Waals surface area contributed by atoms with Crippen LogP contribution in [0.15, 0.2) is 24.3 Å². The molecule has 1 rings (SSSR count). The number of para-hydroxylation sites is 1. The first-order valence-corrected chi connectivity index (χ1v) is 6.88. The molecular weight excluding hydrogens is 275 g/mol. The molecule has 0 aliphatic rings. The van der Waals surface area contributed by atoms with Gasteiger partial charge in [-0.3, -0.25) is 9.59 Å². The second kappa shape index (κ2) is 8.24. The Morgan fingerprint density at radius 3 is 2.57 bits per heavy atom. The highest BCUT2D eigenvalue weighted by atomic mass is 19.1. The van der Waals surface area contributed by atoms with E-state index in [1.165, 1.54) is 17.0 Å². The maximum Gasteiger partial charge on any atom is 0.260 e. The molecule has 0 aliphatic heterocycles. The van der Waals surface area contributed by atoms with E-state index in [1.807, 2.05) is 13.8 Å². The summed E-state index contributed by atoms with van der Waals surface area (Å²) < 4.78 is 18.5. The molecule has 0 unspecified atom stereocenters. The summed E-state index contributed by atoms with van der Waals surface area (Å²) in [7, 11) is 0. The summed E-state index contributed by atoms with van der Waals surface area (Å²) in [4.78, 5) is 25.0. The predicted molar refractivity (Wildman–Crippen MR) is 77.4 cm³/mol. The fourth-order valence-corrected chi connectivity index (χ4v) is 1.71. The predicted octanol–water partition coefficient (Wildman–Crippen LogP) is 1.58. The van der Waals surface area contributed by atoms with Crippen LogP contribution in [-0.4, -0.2) is 42.5 Å². The quantitative estimate of drug-likeness (QED) is 0.831. The molecule has 0 aliphatic carbocycles. The van der Waals surface area contributed by atoms with Crippen molar-refractivity contribution >= 4 is 11.8 Å². The van der Waals surface area contributed by atoms with Crippen molar-refractivity contribution < 1.29 is 18.7 Å². The van der Waals surface area contributed by atoms with Gasteiger partial charge >= 0.3 is 0 Å². The fourth-order valence-electron chi connectivity index (χ4n) is 1.71. The molecule has 1 N–H and O–H groups in total. The Bertz CT molecular complexity index is 492. The first kappa shape index (κ1) is 16.9. The minimum atomic E-state index is -0.522. The average molecular weight is 296 g/mol. The van der Waals surface area contributed by atoms with Gasteiger partial charge in [-0.05, 0) is 32.9 Å². The Morgan fingerprint density at radius 1 is 1.33 bits per heavy atom. The van der Waals surface area contributed by atoms with Crippen LogP contribution < -0.4 is 10.1 Å². The first-order valence-electron chi connectivity index (χ1n) is 6.88. The molecule has 0 aromatic heterocycles. The van der Waals surface area contributed by atoms with E-state index in [9.17, 15) is 14.0 Å².